The Kier molecular flexibility index (Phi) is 4.97. The van der Waals surface area contributed by atoms with Crippen LogP contribution in [0.5, 0.6) is 0 Å². The quantitative estimate of drug-likeness (QED) is 0.757. The molecule has 0 bridgehead atoms. The van der Waals surface area contributed by atoms with Crippen LogP contribution in [0.15, 0.2) is 49.1 Å². The Morgan fingerprint density at radius 3 is 2.70 bits per heavy atom. The maximum absolute atomic E-state index is 10.6. The Bertz CT molecular complexity index is 585. The normalized spacial score (nSPS) is 20.8. The Hall–Kier alpha value is -1.60. The first kappa shape index (κ1) is 14.8. The Morgan fingerprint density at radius 2 is 1.95 bits per heavy atom. The lowest BCUT2D eigenvalue weighted by Gasteiger charge is -2.30. The molecule has 2 aromatic rings. The molecule has 2 aromatic carbocycles. The molecular weight excluding hydrogens is 244 g/mol. The highest BCUT2D eigenvalue weighted by Crippen LogP contribution is 2.40. The van der Waals surface area contributed by atoms with Gasteiger partial charge in [0.25, 0.3) is 0 Å². The van der Waals surface area contributed by atoms with Crippen LogP contribution in [0.1, 0.15) is 43.9 Å². The summed E-state index contributed by atoms with van der Waals surface area (Å²) in [5.74, 6) is 0.320. The third-order valence-electron chi connectivity index (χ3n) is 4.06. The number of allylic oxidation sites excluding steroid dienone is 1. The largest absolute Gasteiger partial charge is 0.388 e. The van der Waals surface area contributed by atoms with Crippen molar-refractivity contribution in [1.82, 2.24) is 0 Å². The Labute approximate surface area is 122 Å². The molecule has 1 aliphatic carbocycles. The van der Waals surface area contributed by atoms with Gasteiger partial charge in [-0.2, -0.15) is 0 Å². The number of benzene rings is 2. The van der Waals surface area contributed by atoms with Crippen molar-refractivity contribution < 1.29 is 5.11 Å². The second-order valence-corrected chi connectivity index (χ2v) is 5.13. The van der Waals surface area contributed by atoms with Crippen molar-refractivity contribution >= 4 is 10.8 Å². The van der Waals surface area contributed by atoms with E-state index < -0.39 is 0 Å². The molecular formula is C19H24O. The number of aliphatic hydroxyl groups is 1. The van der Waals surface area contributed by atoms with Crippen LogP contribution in [-0.4, -0.2) is 5.11 Å². The zero-order chi connectivity index (χ0) is 14.5. The average molecular weight is 268 g/mol. The van der Waals surface area contributed by atoms with E-state index in [0.29, 0.717) is 5.92 Å². The van der Waals surface area contributed by atoms with Gasteiger partial charge in [-0.05, 0) is 47.1 Å². The topological polar surface area (TPSA) is 20.2 Å². The fourth-order valence-corrected chi connectivity index (χ4v) is 3.10. The minimum absolute atomic E-state index is 0.320. The second kappa shape index (κ2) is 6.71. The van der Waals surface area contributed by atoms with E-state index >= 15 is 0 Å². The minimum atomic E-state index is -0.349. The van der Waals surface area contributed by atoms with Crippen LogP contribution in [0.4, 0.5) is 0 Å². The summed E-state index contributed by atoms with van der Waals surface area (Å²) >= 11 is 0. The van der Waals surface area contributed by atoms with Gasteiger partial charge >= 0.3 is 0 Å². The number of aliphatic hydroxyl groups excluding tert-OH is 1. The van der Waals surface area contributed by atoms with Gasteiger partial charge in [-0.3, -0.25) is 0 Å². The van der Waals surface area contributed by atoms with Gasteiger partial charge in [-0.25, -0.2) is 0 Å². The van der Waals surface area contributed by atoms with Crippen LogP contribution in [0.25, 0.3) is 10.8 Å². The molecule has 1 aliphatic rings. The van der Waals surface area contributed by atoms with E-state index in [4.69, 9.17) is 0 Å². The predicted octanol–water partition coefficient (Wildman–Crippen LogP) is 5.04. The first-order chi connectivity index (χ1) is 9.81. The van der Waals surface area contributed by atoms with Crippen LogP contribution in [-0.2, 0) is 6.42 Å². The SMILES string of the molecule is C=CCC1CCc2ccc3ccccc3c2C1O.CC. The third-order valence-corrected chi connectivity index (χ3v) is 4.06. The fraction of sp³-hybridized carbons (Fsp3) is 0.368. The molecule has 0 aliphatic heterocycles. The molecule has 2 unspecified atom stereocenters. The molecule has 0 spiro atoms. The van der Waals surface area contributed by atoms with Crippen molar-refractivity contribution in [1.29, 1.82) is 0 Å². The van der Waals surface area contributed by atoms with Crippen molar-refractivity contribution in [2.24, 2.45) is 5.92 Å². The molecule has 0 heterocycles. The lowest BCUT2D eigenvalue weighted by atomic mass is 9.78. The summed E-state index contributed by atoms with van der Waals surface area (Å²) in [6.45, 7) is 7.80. The van der Waals surface area contributed by atoms with E-state index in [1.54, 1.807) is 0 Å². The third kappa shape index (κ3) is 2.64. The Morgan fingerprint density at radius 1 is 1.20 bits per heavy atom. The van der Waals surface area contributed by atoms with Crippen molar-refractivity contribution in [3.05, 3.63) is 60.2 Å². The van der Waals surface area contributed by atoms with Crippen molar-refractivity contribution in [2.75, 3.05) is 0 Å². The second-order valence-electron chi connectivity index (χ2n) is 5.13. The van der Waals surface area contributed by atoms with Gasteiger partial charge < -0.3 is 5.11 Å². The van der Waals surface area contributed by atoms with Gasteiger partial charge in [0.2, 0.25) is 0 Å². The van der Waals surface area contributed by atoms with E-state index in [9.17, 15) is 5.11 Å². The maximum Gasteiger partial charge on any atom is 0.0829 e. The molecule has 0 radical (unpaired) electrons. The van der Waals surface area contributed by atoms with Crippen LogP contribution in [0.2, 0.25) is 0 Å². The van der Waals surface area contributed by atoms with Crippen LogP contribution in [0.3, 0.4) is 0 Å². The van der Waals surface area contributed by atoms with Crippen molar-refractivity contribution in [2.45, 2.75) is 39.2 Å². The molecule has 1 heteroatoms. The summed E-state index contributed by atoms with van der Waals surface area (Å²) in [4.78, 5) is 0. The van der Waals surface area contributed by atoms with Gasteiger partial charge in [0.05, 0.1) is 6.10 Å². The number of hydrogen-bond donors (Lipinski definition) is 1. The summed E-state index contributed by atoms with van der Waals surface area (Å²) in [5, 5.41) is 13.0. The van der Waals surface area contributed by atoms with E-state index in [0.717, 1.165) is 24.8 Å². The number of aryl methyl sites for hydroxylation is 1. The first-order valence-corrected chi connectivity index (χ1v) is 7.60. The molecule has 3 rings (SSSR count). The monoisotopic (exact) mass is 268 g/mol. The number of hydrogen-bond acceptors (Lipinski definition) is 1. The fourth-order valence-electron chi connectivity index (χ4n) is 3.10. The average Bonchev–Trinajstić information content (AvgIpc) is 2.52. The lowest BCUT2D eigenvalue weighted by molar-refractivity contribution is 0.0967. The summed E-state index contributed by atoms with van der Waals surface area (Å²) in [6, 6.07) is 12.7. The number of fused-ring (bicyclic) bond motifs is 3. The molecule has 0 saturated carbocycles. The highest BCUT2D eigenvalue weighted by atomic mass is 16.3. The molecule has 106 valence electrons. The summed E-state index contributed by atoms with van der Waals surface area (Å²) in [6.07, 6.45) is 4.58. The number of rotatable bonds is 2. The van der Waals surface area contributed by atoms with Gasteiger partial charge in [-0.15, -0.1) is 6.58 Å². The van der Waals surface area contributed by atoms with Crippen LogP contribution < -0.4 is 0 Å². The molecule has 1 N–H and O–H groups in total. The molecule has 20 heavy (non-hydrogen) atoms. The van der Waals surface area contributed by atoms with E-state index in [2.05, 4.69) is 30.8 Å². The van der Waals surface area contributed by atoms with E-state index in [1.807, 2.05) is 32.1 Å². The van der Waals surface area contributed by atoms with Gasteiger partial charge in [-0.1, -0.05) is 56.3 Å². The molecule has 0 aromatic heterocycles. The highest BCUT2D eigenvalue weighted by molar-refractivity contribution is 5.87. The minimum Gasteiger partial charge on any atom is -0.388 e. The predicted molar refractivity (Wildman–Crippen MR) is 86.9 cm³/mol. The summed E-state index contributed by atoms with van der Waals surface area (Å²) < 4.78 is 0. The zero-order valence-corrected chi connectivity index (χ0v) is 12.5. The zero-order valence-electron chi connectivity index (χ0n) is 12.5. The molecule has 0 amide bonds. The van der Waals surface area contributed by atoms with Crippen LogP contribution >= 0.6 is 0 Å². The smallest absolute Gasteiger partial charge is 0.0829 e. The van der Waals surface area contributed by atoms with Crippen LogP contribution in [0, 0.1) is 5.92 Å². The summed E-state index contributed by atoms with van der Waals surface area (Å²) in [5.41, 5.74) is 2.45. The van der Waals surface area contributed by atoms with Gasteiger partial charge in [0.15, 0.2) is 0 Å². The summed E-state index contributed by atoms with van der Waals surface area (Å²) in [7, 11) is 0. The molecule has 1 nitrogen and oxygen atoms in total. The van der Waals surface area contributed by atoms with Crippen molar-refractivity contribution in [3.63, 3.8) is 0 Å². The molecule has 0 saturated heterocycles. The van der Waals surface area contributed by atoms with Gasteiger partial charge in [0.1, 0.15) is 0 Å². The highest BCUT2D eigenvalue weighted by Gasteiger charge is 2.28. The standard InChI is InChI=1S/C17H18O.C2H6/c1-2-5-14-11-10-13-9-8-12-6-3-4-7-15(12)16(13)17(14)18;1-2/h2-4,6-9,14,17-18H,1,5,10-11H2;1-2H3. The van der Waals surface area contributed by atoms with E-state index in [1.165, 1.54) is 16.3 Å². The van der Waals surface area contributed by atoms with E-state index in [-0.39, 0.29) is 6.10 Å². The molecule has 2 atom stereocenters. The lowest BCUT2D eigenvalue weighted by Crippen LogP contribution is -2.20. The Balaban J connectivity index is 0.000000704. The maximum atomic E-state index is 10.6. The van der Waals surface area contributed by atoms with Crippen molar-refractivity contribution in [3.8, 4) is 0 Å². The first-order valence-electron chi connectivity index (χ1n) is 7.60. The van der Waals surface area contributed by atoms with Gasteiger partial charge in [0, 0.05) is 0 Å². The molecule has 0 fully saturated rings.